The predicted octanol–water partition coefficient (Wildman–Crippen LogP) is 2.40. The Bertz CT molecular complexity index is 613. The number of H-pyrrole nitrogens is 1. The third kappa shape index (κ3) is 2.94. The number of rotatable bonds is 3. The molecule has 1 unspecified atom stereocenters. The predicted molar refractivity (Wildman–Crippen MR) is 75.3 cm³/mol. The lowest BCUT2D eigenvalue weighted by Gasteiger charge is -2.18. The molecule has 19 heavy (non-hydrogen) atoms. The Balaban J connectivity index is 2.32. The number of carbonyl (C=O) groups excluding carboxylic acids is 1. The standard InChI is InChI=1S/C15H17N3O/c1-4-7-13(19)18-14(10(2)3)15-16-11-8-5-6-9-12(11)17-15/h5-6,8-10,14H,1-3H3,(H,16,17)(H,18,19). The van der Waals surface area contributed by atoms with E-state index in [0.29, 0.717) is 0 Å². The van der Waals surface area contributed by atoms with Gasteiger partial charge in [-0.1, -0.05) is 31.9 Å². The Kier molecular flexibility index (Phi) is 3.86. The van der Waals surface area contributed by atoms with E-state index in [0.717, 1.165) is 16.9 Å². The fourth-order valence-electron chi connectivity index (χ4n) is 1.96. The highest BCUT2D eigenvalue weighted by molar-refractivity contribution is 5.93. The molecule has 2 N–H and O–H groups in total. The molecule has 0 aliphatic carbocycles. The molecule has 0 aliphatic heterocycles. The zero-order valence-electron chi connectivity index (χ0n) is 11.3. The zero-order valence-corrected chi connectivity index (χ0v) is 11.3. The summed E-state index contributed by atoms with van der Waals surface area (Å²) in [4.78, 5) is 19.4. The molecule has 98 valence electrons. The maximum atomic E-state index is 11.6. The van der Waals surface area contributed by atoms with Crippen LogP contribution in [0.1, 0.15) is 32.6 Å². The van der Waals surface area contributed by atoms with Crippen molar-refractivity contribution >= 4 is 16.9 Å². The Morgan fingerprint density at radius 3 is 2.74 bits per heavy atom. The normalized spacial score (nSPS) is 12.0. The van der Waals surface area contributed by atoms with Gasteiger partial charge in [-0.05, 0) is 30.9 Å². The first-order valence-corrected chi connectivity index (χ1v) is 6.29. The molecule has 1 heterocycles. The first-order chi connectivity index (χ1) is 9.11. The number of hydrogen-bond acceptors (Lipinski definition) is 2. The molecule has 1 aromatic heterocycles. The number of para-hydroxylation sites is 2. The van der Waals surface area contributed by atoms with Gasteiger partial charge in [0, 0.05) is 0 Å². The molecule has 1 aromatic carbocycles. The molecule has 0 radical (unpaired) electrons. The topological polar surface area (TPSA) is 57.8 Å². The van der Waals surface area contributed by atoms with E-state index < -0.39 is 0 Å². The second-order valence-electron chi connectivity index (χ2n) is 4.71. The minimum Gasteiger partial charge on any atom is -0.340 e. The maximum Gasteiger partial charge on any atom is 0.296 e. The number of nitrogens with one attached hydrogen (secondary N) is 2. The molecule has 4 heteroatoms. The fraction of sp³-hybridized carbons (Fsp3) is 0.333. The summed E-state index contributed by atoms with van der Waals surface area (Å²) in [5.41, 5.74) is 1.87. The number of amides is 1. The van der Waals surface area contributed by atoms with Crippen molar-refractivity contribution in [1.82, 2.24) is 15.3 Å². The number of carbonyl (C=O) groups is 1. The minimum absolute atomic E-state index is 0.166. The molecule has 0 saturated heterocycles. The average molecular weight is 255 g/mol. The first kappa shape index (κ1) is 13.2. The van der Waals surface area contributed by atoms with E-state index in [1.54, 1.807) is 6.92 Å². The summed E-state index contributed by atoms with van der Waals surface area (Å²) < 4.78 is 0. The van der Waals surface area contributed by atoms with Gasteiger partial charge in [0.05, 0.1) is 17.1 Å². The third-order valence-electron chi connectivity index (χ3n) is 2.89. The highest BCUT2D eigenvalue weighted by Gasteiger charge is 2.20. The summed E-state index contributed by atoms with van der Waals surface area (Å²) in [6.07, 6.45) is 0. The van der Waals surface area contributed by atoms with Gasteiger partial charge in [-0.2, -0.15) is 0 Å². The Labute approximate surface area is 112 Å². The van der Waals surface area contributed by atoms with Crippen molar-refractivity contribution in [3.05, 3.63) is 30.1 Å². The van der Waals surface area contributed by atoms with E-state index in [1.807, 2.05) is 38.1 Å². The zero-order chi connectivity index (χ0) is 13.8. The lowest BCUT2D eigenvalue weighted by molar-refractivity contribution is -0.116. The van der Waals surface area contributed by atoms with Crippen LogP contribution in [0, 0.1) is 17.8 Å². The van der Waals surface area contributed by atoms with E-state index in [9.17, 15) is 4.79 Å². The van der Waals surface area contributed by atoms with Crippen molar-refractivity contribution in [3.63, 3.8) is 0 Å². The van der Waals surface area contributed by atoms with Crippen LogP contribution in [0.2, 0.25) is 0 Å². The first-order valence-electron chi connectivity index (χ1n) is 6.29. The van der Waals surface area contributed by atoms with Crippen LogP contribution in [0.3, 0.4) is 0 Å². The monoisotopic (exact) mass is 255 g/mol. The molecule has 1 amide bonds. The van der Waals surface area contributed by atoms with E-state index >= 15 is 0 Å². The smallest absolute Gasteiger partial charge is 0.296 e. The van der Waals surface area contributed by atoms with Crippen LogP contribution >= 0.6 is 0 Å². The molecule has 0 saturated carbocycles. The molecule has 0 bridgehead atoms. The lowest BCUT2D eigenvalue weighted by Crippen LogP contribution is -2.31. The SMILES string of the molecule is CC#CC(=O)NC(c1nc2ccccc2[nH]1)C(C)C. The number of benzene rings is 1. The Morgan fingerprint density at radius 1 is 1.37 bits per heavy atom. The van der Waals surface area contributed by atoms with Gasteiger partial charge in [0.1, 0.15) is 5.82 Å². The number of imidazole rings is 1. The summed E-state index contributed by atoms with van der Waals surface area (Å²) in [7, 11) is 0. The quantitative estimate of drug-likeness (QED) is 0.827. The summed E-state index contributed by atoms with van der Waals surface area (Å²) >= 11 is 0. The molecule has 0 aliphatic rings. The number of hydrogen-bond donors (Lipinski definition) is 2. The van der Waals surface area contributed by atoms with Gasteiger partial charge in [-0.3, -0.25) is 4.79 Å². The number of aromatic amines is 1. The number of nitrogens with zero attached hydrogens (tertiary/aromatic N) is 1. The van der Waals surface area contributed by atoms with Gasteiger partial charge < -0.3 is 10.3 Å². The van der Waals surface area contributed by atoms with Crippen molar-refractivity contribution in [3.8, 4) is 11.8 Å². The minimum atomic E-state index is -0.276. The fourth-order valence-corrected chi connectivity index (χ4v) is 1.96. The van der Waals surface area contributed by atoms with Crippen LogP contribution in [0.15, 0.2) is 24.3 Å². The van der Waals surface area contributed by atoms with Crippen LogP contribution < -0.4 is 5.32 Å². The summed E-state index contributed by atoms with van der Waals surface area (Å²) in [6, 6.07) is 7.65. The van der Waals surface area contributed by atoms with Crippen LogP contribution in [-0.4, -0.2) is 15.9 Å². The molecular weight excluding hydrogens is 238 g/mol. The van der Waals surface area contributed by atoms with Crippen molar-refractivity contribution in [1.29, 1.82) is 0 Å². The van der Waals surface area contributed by atoms with Gasteiger partial charge in [0.15, 0.2) is 0 Å². The van der Waals surface area contributed by atoms with Crippen molar-refractivity contribution in [2.75, 3.05) is 0 Å². The van der Waals surface area contributed by atoms with E-state index in [-0.39, 0.29) is 17.9 Å². The van der Waals surface area contributed by atoms with E-state index in [2.05, 4.69) is 27.1 Å². The highest BCUT2D eigenvalue weighted by atomic mass is 16.1. The Morgan fingerprint density at radius 2 is 2.11 bits per heavy atom. The van der Waals surface area contributed by atoms with Gasteiger partial charge in [-0.15, -0.1) is 0 Å². The Hall–Kier alpha value is -2.28. The second kappa shape index (κ2) is 5.57. The molecule has 2 rings (SSSR count). The summed E-state index contributed by atoms with van der Waals surface area (Å²) in [5, 5.41) is 2.89. The third-order valence-corrected chi connectivity index (χ3v) is 2.89. The van der Waals surface area contributed by atoms with Gasteiger partial charge >= 0.3 is 0 Å². The lowest BCUT2D eigenvalue weighted by atomic mass is 10.0. The van der Waals surface area contributed by atoms with E-state index in [1.165, 1.54) is 0 Å². The van der Waals surface area contributed by atoms with Crippen LogP contribution in [0.4, 0.5) is 0 Å². The highest BCUT2D eigenvalue weighted by Crippen LogP contribution is 2.21. The largest absolute Gasteiger partial charge is 0.340 e. The number of aromatic nitrogens is 2. The van der Waals surface area contributed by atoms with Crippen molar-refractivity contribution < 1.29 is 4.79 Å². The molecule has 4 nitrogen and oxygen atoms in total. The van der Waals surface area contributed by atoms with Gasteiger partial charge in [0.25, 0.3) is 5.91 Å². The van der Waals surface area contributed by atoms with Crippen LogP contribution in [0.25, 0.3) is 11.0 Å². The van der Waals surface area contributed by atoms with Crippen molar-refractivity contribution in [2.24, 2.45) is 5.92 Å². The van der Waals surface area contributed by atoms with Crippen LogP contribution in [0.5, 0.6) is 0 Å². The molecule has 2 aromatic rings. The van der Waals surface area contributed by atoms with Gasteiger partial charge in [0.2, 0.25) is 0 Å². The second-order valence-corrected chi connectivity index (χ2v) is 4.71. The van der Waals surface area contributed by atoms with Crippen molar-refractivity contribution in [2.45, 2.75) is 26.8 Å². The molecule has 1 atom stereocenters. The molecule has 0 fully saturated rings. The van der Waals surface area contributed by atoms with E-state index in [4.69, 9.17) is 0 Å². The summed E-state index contributed by atoms with van der Waals surface area (Å²) in [6.45, 7) is 5.72. The molecule has 0 spiro atoms. The number of fused-ring (bicyclic) bond motifs is 1. The summed E-state index contributed by atoms with van der Waals surface area (Å²) in [5.74, 6) is 5.80. The van der Waals surface area contributed by atoms with Gasteiger partial charge in [-0.25, -0.2) is 4.98 Å². The molecular formula is C15H17N3O. The maximum absolute atomic E-state index is 11.6. The average Bonchev–Trinajstić information content (AvgIpc) is 2.79. The van der Waals surface area contributed by atoms with Crippen LogP contribution in [-0.2, 0) is 4.79 Å².